The first-order valence-electron chi connectivity index (χ1n) is 6.73. The normalized spacial score (nSPS) is 16.3. The molecule has 1 aromatic carbocycles. The third kappa shape index (κ3) is 3.95. The van der Waals surface area contributed by atoms with Gasteiger partial charge in [0.2, 0.25) is 10.0 Å². The Morgan fingerprint density at radius 2 is 2.14 bits per heavy atom. The van der Waals surface area contributed by atoms with E-state index in [0.29, 0.717) is 12.2 Å². The molecular weight excluding hydrogens is 294 g/mol. The molecule has 1 aromatic rings. The summed E-state index contributed by atoms with van der Waals surface area (Å²) in [5, 5.41) is 8.52. The summed E-state index contributed by atoms with van der Waals surface area (Å²) >= 11 is 0. The molecule has 0 saturated heterocycles. The van der Waals surface area contributed by atoms with E-state index in [0.717, 1.165) is 5.56 Å². The van der Waals surface area contributed by atoms with Gasteiger partial charge in [-0.2, -0.15) is 0 Å². The molecule has 0 spiro atoms. The van der Waals surface area contributed by atoms with Crippen molar-refractivity contribution >= 4 is 16.0 Å². The topological polar surface area (TPSA) is 92.7 Å². The molecule has 0 aromatic heterocycles. The number of hydrogen-bond donors (Lipinski definition) is 2. The molecule has 21 heavy (non-hydrogen) atoms. The van der Waals surface area contributed by atoms with Crippen LogP contribution in [0.2, 0.25) is 0 Å². The molecule has 0 atom stereocenters. The van der Waals surface area contributed by atoms with Crippen molar-refractivity contribution in [2.75, 3.05) is 6.54 Å². The van der Waals surface area contributed by atoms with Gasteiger partial charge in [0.25, 0.3) is 0 Å². The number of benzene rings is 1. The summed E-state index contributed by atoms with van der Waals surface area (Å²) in [5.74, 6) is -0.226. The zero-order valence-electron chi connectivity index (χ0n) is 12.0. The second-order valence-corrected chi connectivity index (χ2v) is 7.47. The first-order chi connectivity index (χ1) is 9.70. The lowest BCUT2D eigenvalue weighted by atomic mass is 10.0. The Morgan fingerprint density at radius 3 is 2.81 bits per heavy atom. The zero-order valence-corrected chi connectivity index (χ0v) is 12.9. The van der Waals surface area contributed by atoms with E-state index in [1.165, 1.54) is 6.07 Å². The quantitative estimate of drug-likeness (QED) is 0.777. The molecule has 2 N–H and O–H groups in total. The van der Waals surface area contributed by atoms with Crippen LogP contribution < -0.4 is 9.46 Å². The number of carboxylic acids is 1. The van der Waals surface area contributed by atoms with Crippen LogP contribution in [-0.4, -0.2) is 31.6 Å². The number of ether oxygens (including phenoxy) is 1. The van der Waals surface area contributed by atoms with Crippen molar-refractivity contribution < 1.29 is 23.1 Å². The second-order valence-electron chi connectivity index (χ2n) is 5.70. The third-order valence-corrected chi connectivity index (χ3v) is 4.66. The first kappa shape index (κ1) is 15.8. The van der Waals surface area contributed by atoms with Crippen LogP contribution in [0.3, 0.4) is 0 Å². The maximum Gasteiger partial charge on any atom is 0.303 e. The van der Waals surface area contributed by atoms with Gasteiger partial charge < -0.3 is 9.84 Å². The van der Waals surface area contributed by atoms with Crippen molar-refractivity contribution in [3.05, 3.63) is 23.8 Å². The fourth-order valence-corrected chi connectivity index (χ4v) is 3.41. The van der Waals surface area contributed by atoms with Gasteiger partial charge in [0.1, 0.15) is 11.4 Å². The number of hydrogen-bond acceptors (Lipinski definition) is 4. The Kier molecular flexibility index (Phi) is 4.25. The smallest absolute Gasteiger partial charge is 0.303 e. The van der Waals surface area contributed by atoms with Crippen LogP contribution in [0, 0.1) is 0 Å². The van der Waals surface area contributed by atoms with Crippen molar-refractivity contribution in [1.82, 2.24) is 4.72 Å². The minimum Gasteiger partial charge on any atom is -0.487 e. The van der Waals surface area contributed by atoms with Gasteiger partial charge in [0.15, 0.2) is 0 Å². The minimum atomic E-state index is -3.62. The molecule has 2 rings (SSSR count). The Bertz CT molecular complexity index is 651. The second kappa shape index (κ2) is 5.65. The number of rotatable bonds is 6. The van der Waals surface area contributed by atoms with E-state index >= 15 is 0 Å². The van der Waals surface area contributed by atoms with Crippen LogP contribution in [0.4, 0.5) is 0 Å². The molecule has 1 aliphatic rings. The summed E-state index contributed by atoms with van der Waals surface area (Å²) < 4.78 is 32.4. The fraction of sp³-hybridized carbons (Fsp3) is 0.500. The Balaban J connectivity index is 2.07. The van der Waals surface area contributed by atoms with Gasteiger partial charge in [0, 0.05) is 19.4 Å². The minimum absolute atomic E-state index is 0.0608. The van der Waals surface area contributed by atoms with Gasteiger partial charge in [-0.3, -0.25) is 4.79 Å². The van der Waals surface area contributed by atoms with Gasteiger partial charge in [-0.25, -0.2) is 13.1 Å². The maximum absolute atomic E-state index is 12.1. The molecule has 1 aliphatic heterocycles. The lowest BCUT2D eigenvalue weighted by molar-refractivity contribution is -0.137. The highest BCUT2D eigenvalue weighted by atomic mass is 32.2. The number of carbonyl (C=O) groups is 1. The summed E-state index contributed by atoms with van der Waals surface area (Å²) in [6, 6.07) is 4.78. The monoisotopic (exact) mass is 313 g/mol. The van der Waals surface area contributed by atoms with Crippen molar-refractivity contribution in [2.45, 2.75) is 43.6 Å². The van der Waals surface area contributed by atoms with Crippen LogP contribution >= 0.6 is 0 Å². The highest BCUT2D eigenvalue weighted by Gasteiger charge is 2.31. The van der Waals surface area contributed by atoms with E-state index in [1.807, 2.05) is 13.8 Å². The van der Waals surface area contributed by atoms with E-state index in [1.54, 1.807) is 12.1 Å². The molecule has 1 heterocycles. The zero-order chi connectivity index (χ0) is 15.7. The number of fused-ring (bicyclic) bond motifs is 1. The molecule has 0 radical (unpaired) electrons. The molecule has 6 nitrogen and oxygen atoms in total. The number of nitrogens with one attached hydrogen (secondary N) is 1. The summed E-state index contributed by atoms with van der Waals surface area (Å²) in [6.07, 6.45) is 0.856. The lowest BCUT2D eigenvalue weighted by Gasteiger charge is -2.16. The molecule has 0 unspecified atom stereocenters. The van der Waals surface area contributed by atoms with E-state index < -0.39 is 16.0 Å². The lowest BCUT2D eigenvalue weighted by Crippen LogP contribution is -2.25. The molecule has 0 amide bonds. The van der Waals surface area contributed by atoms with Crippen LogP contribution in [-0.2, 0) is 21.2 Å². The van der Waals surface area contributed by atoms with Crippen molar-refractivity contribution in [3.63, 3.8) is 0 Å². The average Bonchev–Trinajstić information content (AvgIpc) is 2.67. The number of sulfonamides is 1. The van der Waals surface area contributed by atoms with Gasteiger partial charge >= 0.3 is 5.97 Å². The van der Waals surface area contributed by atoms with Gasteiger partial charge in [0.05, 0.1) is 4.90 Å². The maximum atomic E-state index is 12.1. The Morgan fingerprint density at radius 1 is 1.43 bits per heavy atom. The Hall–Kier alpha value is -1.60. The van der Waals surface area contributed by atoms with Crippen molar-refractivity contribution in [2.24, 2.45) is 0 Å². The molecule has 116 valence electrons. The SMILES string of the molecule is CC1(C)Cc2cc(S(=O)(=O)NCCCC(=O)O)ccc2O1. The van der Waals surface area contributed by atoms with E-state index in [9.17, 15) is 13.2 Å². The van der Waals surface area contributed by atoms with Crippen molar-refractivity contribution in [1.29, 1.82) is 0 Å². The Labute approximate surface area is 124 Å². The molecular formula is C14H19NO5S. The van der Waals surface area contributed by atoms with E-state index in [-0.39, 0.29) is 29.9 Å². The summed E-state index contributed by atoms with van der Waals surface area (Å²) in [7, 11) is -3.62. The van der Waals surface area contributed by atoms with Crippen molar-refractivity contribution in [3.8, 4) is 5.75 Å². The highest BCUT2D eigenvalue weighted by molar-refractivity contribution is 7.89. The predicted octanol–water partition coefficient (Wildman–Crippen LogP) is 1.54. The van der Waals surface area contributed by atoms with Crippen LogP contribution in [0.15, 0.2) is 23.1 Å². The fourth-order valence-electron chi connectivity index (χ4n) is 2.28. The highest BCUT2D eigenvalue weighted by Crippen LogP contribution is 2.35. The number of carboxylic acid groups (broad SMARTS) is 1. The third-order valence-electron chi connectivity index (χ3n) is 3.20. The van der Waals surface area contributed by atoms with Crippen LogP contribution in [0.1, 0.15) is 32.3 Å². The molecule has 0 fully saturated rings. The molecule has 0 saturated carbocycles. The van der Waals surface area contributed by atoms with Crippen LogP contribution in [0.25, 0.3) is 0 Å². The number of aliphatic carboxylic acids is 1. The summed E-state index contributed by atoms with van der Waals surface area (Å²) in [5.41, 5.74) is 0.549. The molecule has 0 bridgehead atoms. The van der Waals surface area contributed by atoms with Gasteiger partial charge in [-0.1, -0.05) is 0 Å². The predicted molar refractivity (Wildman–Crippen MR) is 76.9 cm³/mol. The largest absolute Gasteiger partial charge is 0.487 e. The standard InChI is InChI=1S/C14H19NO5S/c1-14(2)9-10-8-11(5-6-12(10)20-14)21(18,19)15-7-3-4-13(16)17/h5-6,8,15H,3-4,7,9H2,1-2H3,(H,16,17). The molecule has 7 heteroatoms. The summed E-state index contributed by atoms with van der Waals surface area (Å²) in [4.78, 5) is 10.6. The van der Waals surface area contributed by atoms with Gasteiger partial charge in [-0.15, -0.1) is 0 Å². The average molecular weight is 313 g/mol. The summed E-state index contributed by atoms with van der Waals surface area (Å²) in [6.45, 7) is 4.00. The van der Waals surface area contributed by atoms with Gasteiger partial charge in [-0.05, 0) is 44.0 Å². The van der Waals surface area contributed by atoms with E-state index in [2.05, 4.69) is 4.72 Å². The molecule has 0 aliphatic carbocycles. The van der Waals surface area contributed by atoms with E-state index in [4.69, 9.17) is 9.84 Å². The van der Waals surface area contributed by atoms with Crippen LogP contribution in [0.5, 0.6) is 5.75 Å². The first-order valence-corrected chi connectivity index (χ1v) is 8.21.